The van der Waals surface area contributed by atoms with Gasteiger partial charge in [0.1, 0.15) is 48.1 Å². The molecule has 4 aliphatic rings. The fourth-order valence-electron chi connectivity index (χ4n) is 12.3. The van der Waals surface area contributed by atoms with Crippen LogP contribution in [-0.2, 0) is 52.3 Å². The number of carbonyl (C=O) groups excluding carboxylic acids is 6. The SMILES string of the molecule is COC1C[C@@H]2CC[C@@H](C)[C@@](O)(O2)C(=O)C(=O)N2CCCC[C@H]2C(=O)O[C@H]([C@H](C)C[C@@H]2CC[C@@H](OC(=O)Oc3ccc([N+](=O)[O-])cc3)[C@H](OC)C2)C[C@@H](OC(=O)Oc2ccc([N+](=O)[O-])cc2)[C@H](C)/C=C(\C)[C@@H](O)[C@@H](OC)C(=O)[C@H](C)C[C@H](C)/C=C/C=C/C=C/1C. The van der Waals surface area contributed by atoms with E-state index < -0.39 is 124 Å². The van der Waals surface area contributed by atoms with Crippen molar-refractivity contribution in [2.45, 2.75) is 186 Å². The minimum Gasteiger partial charge on any atom is -0.460 e. The predicted octanol–water partition coefficient (Wildman–Crippen LogP) is 10.2. The molecule has 24 heteroatoms. The molecule has 0 aromatic heterocycles. The summed E-state index contributed by atoms with van der Waals surface area (Å²) in [5, 5.41) is 46.7. The van der Waals surface area contributed by atoms with Crippen LogP contribution in [0, 0.1) is 55.7 Å². The van der Waals surface area contributed by atoms with Gasteiger partial charge in [-0.15, -0.1) is 0 Å². The van der Waals surface area contributed by atoms with Crippen molar-refractivity contribution < 1.29 is 91.5 Å². The number of nitro groups is 2. The van der Waals surface area contributed by atoms with Crippen LogP contribution in [-0.4, -0.2) is 149 Å². The number of esters is 1. The lowest BCUT2D eigenvalue weighted by molar-refractivity contribution is -0.385. The highest BCUT2D eigenvalue weighted by atomic mass is 16.7. The topological polar surface area (TPSA) is 315 Å². The number of amides is 1. The molecule has 3 aliphatic heterocycles. The van der Waals surface area contributed by atoms with Crippen molar-refractivity contribution in [1.29, 1.82) is 0 Å². The zero-order chi connectivity index (χ0) is 65.3. The molecule has 488 valence electrons. The van der Waals surface area contributed by atoms with Crippen LogP contribution >= 0.6 is 0 Å². The zero-order valence-electron chi connectivity index (χ0n) is 52.4. The number of methoxy groups -OCH3 is 3. The third kappa shape index (κ3) is 19.4. The molecule has 89 heavy (non-hydrogen) atoms. The van der Waals surface area contributed by atoms with Gasteiger partial charge in [-0.25, -0.2) is 14.4 Å². The summed E-state index contributed by atoms with van der Waals surface area (Å²) in [6, 6.07) is 8.30. The van der Waals surface area contributed by atoms with Crippen LogP contribution in [0.1, 0.15) is 126 Å². The molecular formula is C65H87N3O21. The number of rotatable bonds is 12. The van der Waals surface area contributed by atoms with E-state index in [2.05, 4.69) is 0 Å². The summed E-state index contributed by atoms with van der Waals surface area (Å²) in [4.78, 5) is 108. The molecule has 2 bridgehead atoms. The molecule has 1 unspecified atom stereocenters. The highest BCUT2D eigenvalue weighted by Crippen LogP contribution is 2.39. The summed E-state index contributed by atoms with van der Waals surface area (Å²) >= 11 is 0. The number of nitrogens with zero attached hydrogens (tertiary/aromatic N) is 3. The second-order valence-corrected chi connectivity index (χ2v) is 24.2. The van der Waals surface area contributed by atoms with E-state index in [0.717, 1.165) is 22.6 Å². The van der Waals surface area contributed by atoms with Crippen LogP contribution in [0.4, 0.5) is 21.0 Å². The van der Waals surface area contributed by atoms with Gasteiger partial charge in [-0.1, -0.05) is 71.1 Å². The van der Waals surface area contributed by atoms with E-state index >= 15 is 4.79 Å². The van der Waals surface area contributed by atoms with Gasteiger partial charge in [0.2, 0.25) is 5.79 Å². The Labute approximate surface area is 519 Å². The molecule has 3 heterocycles. The van der Waals surface area contributed by atoms with Crippen LogP contribution in [0.15, 0.2) is 96.1 Å². The summed E-state index contributed by atoms with van der Waals surface area (Å²) < 4.78 is 52.8. The second-order valence-electron chi connectivity index (χ2n) is 24.2. The lowest BCUT2D eigenvalue weighted by atomic mass is 9.78. The first-order valence-corrected chi connectivity index (χ1v) is 30.5. The molecule has 2 saturated heterocycles. The summed E-state index contributed by atoms with van der Waals surface area (Å²) in [5.74, 6) is -9.25. The van der Waals surface area contributed by atoms with Crippen molar-refractivity contribution in [1.82, 2.24) is 4.90 Å². The van der Waals surface area contributed by atoms with E-state index in [1.165, 1.54) is 50.6 Å². The Morgan fingerprint density at radius 3 is 1.93 bits per heavy atom. The van der Waals surface area contributed by atoms with Crippen molar-refractivity contribution in [3.05, 3.63) is 116 Å². The van der Waals surface area contributed by atoms with Crippen molar-refractivity contribution in [3.63, 3.8) is 0 Å². The van der Waals surface area contributed by atoms with Crippen LogP contribution in [0.2, 0.25) is 0 Å². The predicted molar refractivity (Wildman–Crippen MR) is 322 cm³/mol. The normalized spacial score (nSPS) is 33.1. The monoisotopic (exact) mass is 1250 g/mol. The molecule has 3 fully saturated rings. The maximum atomic E-state index is 15.1. The van der Waals surface area contributed by atoms with Gasteiger partial charge in [-0.2, -0.15) is 0 Å². The molecule has 2 N–H and O–H groups in total. The first-order chi connectivity index (χ1) is 42.3. The number of cyclic esters (lactones) is 1. The van der Waals surface area contributed by atoms with Crippen LogP contribution < -0.4 is 9.47 Å². The highest BCUT2D eigenvalue weighted by molar-refractivity contribution is 6.39. The number of ketones is 2. The molecule has 0 radical (unpaired) electrons. The number of allylic oxidation sites excluding steroid dienone is 5. The number of aliphatic hydroxyl groups is 2. The molecular weight excluding hydrogens is 1160 g/mol. The Morgan fingerprint density at radius 1 is 0.730 bits per heavy atom. The molecule has 24 nitrogen and oxygen atoms in total. The van der Waals surface area contributed by atoms with Gasteiger partial charge >= 0.3 is 18.3 Å². The van der Waals surface area contributed by atoms with Crippen LogP contribution in [0.5, 0.6) is 11.5 Å². The number of hydrogen-bond acceptors (Lipinski definition) is 21. The smallest absolute Gasteiger partial charge is 0.460 e. The molecule has 1 saturated carbocycles. The average molecular weight is 1250 g/mol. The lowest BCUT2D eigenvalue weighted by Crippen LogP contribution is -2.61. The van der Waals surface area contributed by atoms with Gasteiger partial charge in [0.15, 0.2) is 5.78 Å². The fourth-order valence-corrected chi connectivity index (χ4v) is 12.3. The Kier molecular flexibility index (Phi) is 26.3. The summed E-state index contributed by atoms with van der Waals surface area (Å²) in [6.07, 6.45) is 4.56. The number of non-ortho nitro benzene ring substituents is 2. The third-order valence-electron chi connectivity index (χ3n) is 17.6. The number of fused-ring (bicyclic) bond motifs is 3. The van der Waals surface area contributed by atoms with E-state index in [4.69, 9.17) is 42.6 Å². The largest absolute Gasteiger partial charge is 0.514 e. The molecule has 2 aromatic carbocycles. The van der Waals surface area contributed by atoms with Crippen molar-refractivity contribution in [3.8, 4) is 11.5 Å². The molecule has 2 aromatic rings. The maximum absolute atomic E-state index is 15.1. The Balaban J connectivity index is 1.36. The Bertz CT molecular complexity index is 2910. The molecule has 1 amide bonds. The minimum atomic E-state index is -2.55. The van der Waals surface area contributed by atoms with Gasteiger partial charge in [0.25, 0.3) is 23.1 Å². The summed E-state index contributed by atoms with van der Waals surface area (Å²) in [5.41, 5.74) is 0.639. The quantitative estimate of drug-likeness (QED) is 0.0379. The lowest BCUT2D eigenvalue weighted by Gasteiger charge is -2.43. The van der Waals surface area contributed by atoms with Gasteiger partial charge in [-0.05, 0) is 131 Å². The Morgan fingerprint density at radius 2 is 1.35 bits per heavy atom. The number of carbonyl (C=O) groups is 6. The first kappa shape index (κ1) is 70.9. The van der Waals surface area contributed by atoms with E-state index in [-0.39, 0.29) is 71.9 Å². The van der Waals surface area contributed by atoms with Gasteiger partial charge in [0.05, 0.1) is 28.2 Å². The number of ether oxygens (including phenoxy) is 9. The van der Waals surface area contributed by atoms with Gasteiger partial charge in [0, 0.05) is 82.7 Å². The van der Waals surface area contributed by atoms with E-state index in [1.807, 2.05) is 51.2 Å². The number of piperidine rings is 1. The van der Waals surface area contributed by atoms with E-state index in [1.54, 1.807) is 40.9 Å². The van der Waals surface area contributed by atoms with E-state index in [9.17, 15) is 54.4 Å². The number of benzene rings is 2. The maximum Gasteiger partial charge on any atom is 0.514 e. The van der Waals surface area contributed by atoms with Crippen molar-refractivity contribution >= 4 is 47.1 Å². The van der Waals surface area contributed by atoms with Crippen LogP contribution in [0.3, 0.4) is 0 Å². The zero-order valence-corrected chi connectivity index (χ0v) is 52.4. The average Bonchev–Trinajstić information content (AvgIpc) is 1.36. The molecule has 6 rings (SSSR count). The minimum absolute atomic E-state index is 0.0263. The van der Waals surface area contributed by atoms with Crippen molar-refractivity contribution in [2.75, 3.05) is 27.9 Å². The van der Waals surface area contributed by atoms with Crippen molar-refractivity contribution in [2.24, 2.45) is 35.5 Å². The molecule has 1 aliphatic carbocycles. The van der Waals surface area contributed by atoms with Gasteiger partial charge < -0.3 is 57.7 Å². The standard InChI is InChI=1S/C65H87N3O21/c1-38-16-12-11-13-17-39(2)53(81-8)36-50-25-19-44(7)65(76,89-50)60(71)61(72)66-31-15-14-18-51(66)62(73)86-54(41(4)34-45-20-30-52(56(35-45)82-9)87-63(74)84-48-26-21-46(22-27-48)67(77)78)37-55(88-64(75)85-49-28-23-47(24-29-49)68(79)80)40(3)33-43(6)58(70)59(83-10)57(69)42(5)32-38/h11-13,16-17,21-24,26-29,33,38,40-42,44-45,50-56,58-59,70,76H,14-15,18-20,25,30-32,34-37H2,1-10H3/b13-11+,16-12+,39-17+,43-33+/t38-,40-,41-,42-,44-,45+,50+,51+,52-,53?,54+,55-,56-,58-,59+,65-/m1/s1. The number of hydrogen-bond donors (Lipinski definition) is 2. The van der Waals surface area contributed by atoms with Gasteiger partial charge in [-0.3, -0.25) is 34.6 Å². The van der Waals surface area contributed by atoms with E-state index in [0.29, 0.717) is 57.8 Å². The Hall–Kier alpha value is -7.22. The molecule has 16 atom stereocenters. The summed E-state index contributed by atoms with van der Waals surface area (Å²) in [7, 11) is 4.33. The highest BCUT2D eigenvalue weighted by Gasteiger charge is 2.53. The molecule has 0 spiro atoms. The fraction of sp³-hybridized carbons (Fsp3) is 0.600. The first-order valence-electron chi connectivity index (χ1n) is 30.5. The third-order valence-corrected chi connectivity index (χ3v) is 17.6. The second kappa shape index (κ2) is 33.0. The van der Waals surface area contributed by atoms with Crippen LogP contribution in [0.25, 0.3) is 0 Å². The summed E-state index contributed by atoms with van der Waals surface area (Å²) in [6.45, 7) is 12.3. The number of nitro benzene ring substituents is 2. The number of Topliss-reactive ketones (excluding diaryl/α,β-unsaturated/α-hetero) is 2. The number of aliphatic hydroxyl groups excluding tert-OH is 1.